The summed E-state index contributed by atoms with van der Waals surface area (Å²) in [5.41, 5.74) is 0.0136. The maximum Gasteiger partial charge on any atom is 0.387 e. The number of carbonyl (C=O) groups excluding carboxylic acids is 2. The second-order valence-electron chi connectivity index (χ2n) is 5.94. The molecular formula is C19H17F3N2O3. The monoisotopic (exact) mass is 378 g/mol. The first kappa shape index (κ1) is 18.8. The van der Waals surface area contributed by atoms with Gasteiger partial charge in [0.25, 0.3) is 11.8 Å². The van der Waals surface area contributed by atoms with Gasteiger partial charge in [0.05, 0.1) is 11.1 Å². The molecule has 2 aromatic rings. The van der Waals surface area contributed by atoms with Crippen molar-refractivity contribution in [1.82, 2.24) is 9.80 Å². The van der Waals surface area contributed by atoms with Crippen LogP contribution in [0.4, 0.5) is 13.2 Å². The summed E-state index contributed by atoms with van der Waals surface area (Å²) >= 11 is 0. The number of nitrogens with zero attached hydrogens (tertiary/aromatic N) is 2. The van der Waals surface area contributed by atoms with E-state index in [2.05, 4.69) is 4.74 Å². The number of piperazine rings is 1. The highest BCUT2D eigenvalue weighted by Gasteiger charge is 2.28. The second-order valence-corrected chi connectivity index (χ2v) is 5.94. The van der Waals surface area contributed by atoms with Crippen molar-refractivity contribution in [3.8, 4) is 5.75 Å². The first-order valence-corrected chi connectivity index (χ1v) is 8.34. The van der Waals surface area contributed by atoms with Gasteiger partial charge in [-0.05, 0) is 24.3 Å². The second kappa shape index (κ2) is 8.11. The molecule has 142 valence electrons. The standard InChI is InChI=1S/C19H17F3N2O3/c20-15-7-3-1-5-13(15)17(25)23-9-11-24(12-10-23)18(26)14-6-2-4-8-16(14)27-19(21)22/h1-8,19H,9-12H2. The summed E-state index contributed by atoms with van der Waals surface area (Å²) in [4.78, 5) is 28.0. The van der Waals surface area contributed by atoms with Crippen LogP contribution >= 0.6 is 0 Å². The number of carbonyl (C=O) groups is 2. The lowest BCUT2D eigenvalue weighted by molar-refractivity contribution is -0.0503. The number of ether oxygens (including phenoxy) is 1. The molecule has 1 heterocycles. The quantitative estimate of drug-likeness (QED) is 0.822. The van der Waals surface area contributed by atoms with Crippen molar-refractivity contribution in [2.75, 3.05) is 26.2 Å². The number of hydrogen-bond donors (Lipinski definition) is 0. The zero-order chi connectivity index (χ0) is 19.4. The van der Waals surface area contributed by atoms with Gasteiger partial charge in [0.1, 0.15) is 11.6 Å². The van der Waals surface area contributed by atoms with Crippen LogP contribution in [-0.2, 0) is 0 Å². The Kier molecular flexibility index (Phi) is 5.63. The average Bonchev–Trinajstić information content (AvgIpc) is 2.67. The highest BCUT2D eigenvalue weighted by atomic mass is 19.3. The van der Waals surface area contributed by atoms with Crippen LogP contribution in [0.2, 0.25) is 0 Å². The number of alkyl halides is 2. The largest absolute Gasteiger partial charge is 0.434 e. The van der Waals surface area contributed by atoms with E-state index in [4.69, 9.17) is 0 Å². The molecule has 2 aromatic carbocycles. The van der Waals surface area contributed by atoms with Gasteiger partial charge in [0, 0.05) is 26.2 Å². The van der Waals surface area contributed by atoms with Crippen LogP contribution < -0.4 is 4.74 Å². The smallest absolute Gasteiger partial charge is 0.387 e. The summed E-state index contributed by atoms with van der Waals surface area (Å²) in [5.74, 6) is -1.69. The van der Waals surface area contributed by atoms with E-state index in [0.29, 0.717) is 0 Å². The van der Waals surface area contributed by atoms with Gasteiger partial charge in [0.2, 0.25) is 0 Å². The number of amides is 2. The van der Waals surface area contributed by atoms with Crippen LogP contribution in [0.15, 0.2) is 48.5 Å². The van der Waals surface area contributed by atoms with Gasteiger partial charge in [-0.2, -0.15) is 8.78 Å². The Morgan fingerprint density at radius 2 is 1.30 bits per heavy atom. The molecule has 0 unspecified atom stereocenters. The van der Waals surface area contributed by atoms with Crippen molar-refractivity contribution in [2.45, 2.75) is 6.61 Å². The highest BCUT2D eigenvalue weighted by Crippen LogP contribution is 2.23. The van der Waals surface area contributed by atoms with Crippen LogP contribution in [0, 0.1) is 5.82 Å². The Balaban J connectivity index is 1.67. The van der Waals surface area contributed by atoms with E-state index < -0.39 is 24.2 Å². The molecule has 2 amide bonds. The minimum Gasteiger partial charge on any atom is -0.434 e. The predicted octanol–water partition coefficient (Wildman–Crippen LogP) is 3.03. The van der Waals surface area contributed by atoms with Crippen LogP contribution in [0.3, 0.4) is 0 Å². The molecule has 0 aromatic heterocycles. The molecule has 1 saturated heterocycles. The van der Waals surface area contributed by atoms with Gasteiger partial charge in [-0.3, -0.25) is 9.59 Å². The van der Waals surface area contributed by atoms with Crippen molar-refractivity contribution < 1.29 is 27.5 Å². The van der Waals surface area contributed by atoms with E-state index in [1.54, 1.807) is 12.1 Å². The van der Waals surface area contributed by atoms with E-state index in [1.165, 1.54) is 46.2 Å². The van der Waals surface area contributed by atoms with E-state index >= 15 is 0 Å². The van der Waals surface area contributed by atoms with Gasteiger partial charge >= 0.3 is 6.61 Å². The van der Waals surface area contributed by atoms with Gasteiger partial charge in [0.15, 0.2) is 0 Å². The molecule has 0 radical (unpaired) electrons. The molecular weight excluding hydrogens is 361 g/mol. The van der Waals surface area contributed by atoms with E-state index in [-0.39, 0.29) is 43.1 Å². The molecule has 0 atom stereocenters. The number of para-hydroxylation sites is 1. The van der Waals surface area contributed by atoms with E-state index in [0.717, 1.165) is 0 Å². The highest BCUT2D eigenvalue weighted by molar-refractivity contribution is 5.97. The van der Waals surface area contributed by atoms with Crippen molar-refractivity contribution in [1.29, 1.82) is 0 Å². The molecule has 1 aliphatic heterocycles. The minimum atomic E-state index is -3.03. The summed E-state index contributed by atoms with van der Waals surface area (Å²) in [6.07, 6.45) is 0. The Morgan fingerprint density at radius 1 is 0.815 bits per heavy atom. The minimum absolute atomic E-state index is 0.0204. The number of rotatable bonds is 4. The SMILES string of the molecule is O=C(c1ccccc1F)N1CCN(C(=O)c2ccccc2OC(F)F)CC1. The molecule has 8 heteroatoms. The van der Waals surface area contributed by atoms with Gasteiger partial charge in [-0.1, -0.05) is 24.3 Å². The molecule has 1 fully saturated rings. The first-order chi connectivity index (χ1) is 13.0. The van der Waals surface area contributed by atoms with Gasteiger partial charge < -0.3 is 14.5 Å². The Hall–Kier alpha value is -3.03. The third-order valence-electron chi connectivity index (χ3n) is 4.29. The van der Waals surface area contributed by atoms with Crippen molar-refractivity contribution in [3.63, 3.8) is 0 Å². The lowest BCUT2D eigenvalue weighted by Crippen LogP contribution is -2.50. The maximum absolute atomic E-state index is 13.8. The lowest BCUT2D eigenvalue weighted by Gasteiger charge is -2.35. The molecule has 3 rings (SSSR count). The zero-order valence-corrected chi connectivity index (χ0v) is 14.3. The number of hydrogen-bond acceptors (Lipinski definition) is 3. The lowest BCUT2D eigenvalue weighted by atomic mass is 10.1. The average molecular weight is 378 g/mol. The molecule has 0 N–H and O–H groups in total. The Bertz CT molecular complexity index is 836. The topological polar surface area (TPSA) is 49.9 Å². The first-order valence-electron chi connectivity index (χ1n) is 8.34. The van der Waals surface area contributed by atoms with E-state index in [9.17, 15) is 22.8 Å². The number of halogens is 3. The maximum atomic E-state index is 13.8. The number of benzene rings is 2. The summed E-state index contributed by atoms with van der Waals surface area (Å²) < 4.78 is 43.2. The molecule has 1 aliphatic rings. The molecule has 0 spiro atoms. The van der Waals surface area contributed by atoms with Crippen LogP contribution in [0.25, 0.3) is 0 Å². The molecule has 0 saturated carbocycles. The van der Waals surface area contributed by atoms with Gasteiger partial charge in [-0.15, -0.1) is 0 Å². The van der Waals surface area contributed by atoms with Crippen LogP contribution in [0.5, 0.6) is 5.75 Å². The van der Waals surface area contributed by atoms with Crippen molar-refractivity contribution in [3.05, 3.63) is 65.5 Å². The van der Waals surface area contributed by atoms with Crippen molar-refractivity contribution >= 4 is 11.8 Å². The fourth-order valence-corrected chi connectivity index (χ4v) is 2.93. The Labute approximate surface area is 153 Å². The normalized spacial score (nSPS) is 14.4. The molecule has 5 nitrogen and oxygen atoms in total. The third kappa shape index (κ3) is 4.21. The Morgan fingerprint density at radius 3 is 1.85 bits per heavy atom. The fraction of sp³-hybridized carbons (Fsp3) is 0.263. The predicted molar refractivity (Wildman–Crippen MR) is 91.3 cm³/mol. The van der Waals surface area contributed by atoms with Crippen LogP contribution in [-0.4, -0.2) is 54.4 Å². The molecule has 0 bridgehead atoms. The summed E-state index contributed by atoms with van der Waals surface area (Å²) in [5, 5.41) is 0. The van der Waals surface area contributed by atoms with Crippen LogP contribution in [0.1, 0.15) is 20.7 Å². The summed E-state index contributed by atoms with van der Waals surface area (Å²) in [6.45, 7) is -2.17. The molecule has 0 aliphatic carbocycles. The fourth-order valence-electron chi connectivity index (χ4n) is 2.93. The summed E-state index contributed by atoms with van der Waals surface area (Å²) in [6, 6.07) is 11.5. The van der Waals surface area contributed by atoms with Gasteiger partial charge in [-0.25, -0.2) is 4.39 Å². The zero-order valence-electron chi connectivity index (χ0n) is 14.3. The molecule has 27 heavy (non-hydrogen) atoms. The summed E-state index contributed by atoms with van der Waals surface area (Å²) in [7, 11) is 0. The van der Waals surface area contributed by atoms with E-state index in [1.807, 2.05) is 0 Å². The van der Waals surface area contributed by atoms with Crippen molar-refractivity contribution in [2.24, 2.45) is 0 Å². The third-order valence-corrected chi connectivity index (χ3v) is 4.29.